The Balaban J connectivity index is 2.73. The van der Waals surface area contributed by atoms with Gasteiger partial charge in [0.2, 0.25) is 10.0 Å². The van der Waals surface area contributed by atoms with Crippen molar-refractivity contribution in [2.45, 2.75) is 4.90 Å². The maximum Gasteiger partial charge on any atom is 0.329 e. The van der Waals surface area contributed by atoms with Crippen LogP contribution in [0.15, 0.2) is 17.0 Å². The van der Waals surface area contributed by atoms with E-state index in [9.17, 15) is 13.2 Å². The van der Waals surface area contributed by atoms with Gasteiger partial charge in [-0.2, -0.15) is 0 Å². The predicted molar refractivity (Wildman–Crippen MR) is 75.1 cm³/mol. The number of aliphatic carboxylic acids is 1. The Morgan fingerprint density at radius 3 is 2.30 bits per heavy atom. The molecule has 0 atom stereocenters. The fourth-order valence-corrected chi connectivity index (χ4v) is 3.82. The average molecular weight is 363 g/mol. The van der Waals surface area contributed by atoms with Crippen LogP contribution >= 0.6 is 34.8 Å². The van der Waals surface area contributed by atoms with E-state index in [0.717, 1.165) is 0 Å². The highest BCUT2D eigenvalue weighted by Crippen LogP contribution is 2.32. The lowest BCUT2D eigenvalue weighted by molar-refractivity contribution is -0.142. The highest BCUT2D eigenvalue weighted by atomic mass is 35.5. The van der Waals surface area contributed by atoms with Gasteiger partial charge in [-0.05, 0) is 12.1 Å². The van der Waals surface area contributed by atoms with Crippen molar-refractivity contribution in [3.05, 3.63) is 27.2 Å². The number of hydrogen-bond acceptors (Lipinski definition) is 4. The highest BCUT2D eigenvalue weighted by molar-refractivity contribution is 7.89. The number of nitrogens with one attached hydrogen (secondary N) is 1. The number of halogens is 3. The molecule has 0 aliphatic carbocycles. The normalized spacial score (nSPS) is 11.6. The summed E-state index contributed by atoms with van der Waals surface area (Å²) in [5.74, 6) is -1.14. The molecule has 0 aliphatic rings. The molecular formula is C10H10Cl3NO5S. The van der Waals surface area contributed by atoms with Gasteiger partial charge in [-0.3, -0.25) is 0 Å². The van der Waals surface area contributed by atoms with Crippen LogP contribution in [0.1, 0.15) is 0 Å². The van der Waals surface area contributed by atoms with Crippen molar-refractivity contribution >= 4 is 50.8 Å². The quantitative estimate of drug-likeness (QED) is 0.724. The minimum absolute atomic E-state index is 0.103. The number of sulfonamides is 1. The number of hydrogen-bond donors (Lipinski definition) is 2. The fourth-order valence-electron chi connectivity index (χ4n) is 1.27. The van der Waals surface area contributed by atoms with Gasteiger partial charge < -0.3 is 9.84 Å². The van der Waals surface area contributed by atoms with Gasteiger partial charge in [0, 0.05) is 11.6 Å². The Kier molecular flexibility index (Phi) is 6.50. The van der Waals surface area contributed by atoms with Crippen LogP contribution in [0, 0.1) is 0 Å². The number of carboxylic acid groups (broad SMARTS) is 1. The van der Waals surface area contributed by atoms with Crippen molar-refractivity contribution < 1.29 is 23.1 Å². The molecule has 0 radical (unpaired) electrons. The zero-order chi connectivity index (χ0) is 15.3. The fraction of sp³-hybridized carbons (Fsp3) is 0.300. The second kappa shape index (κ2) is 7.44. The molecule has 0 amide bonds. The minimum atomic E-state index is -3.94. The van der Waals surface area contributed by atoms with Gasteiger partial charge in [-0.15, -0.1) is 0 Å². The SMILES string of the molecule is O=C(O)COCCNS(=O)(=O)c1c(Cl)cc(Cl)cc1Cl. The summed E-state index contributed by atoms with van der Waals surface area (Å²) >= 11 is 17.3. The van der Waals surface area contributed by atoms with E-state index in [4.69, 9.17) is 44.6 Å². The molecule has 20 heavy (non-hydrogen) atoms. The molecule has 2 N–H and O–H groups in total. The number of ether oxygens (including phenoxy) is 1. The molecule has 0 heterocycles. The topological polar surface area (TPSA) is 92.7 Å². The first-order chi connectivity index (χ1) is 9.24. The Morgan fingerprint density at radius 1 is 1.25 bits per heavy atom. The van der Waals surface area contributed by atoms with E-state index in [1.165, 1.54) is 12.1 Å². The predicted octanol–water partition coefficient (Wildman–Crippen LogP) is 2.03. The summed E-state index contributed by atoms with van der Waals surface area (Å²) < 4.78 is 30.9. The molecule has 0 saturated carbocycles. The van der Waals surface area contributed by atoms with Crippen molar-refractivity contribution in [2.75, 3.05) is 19.8 Å². The lowest BCUT2D eigenvalue weighted by atomic mass is 10.4. The molecule has 0 unspecified atom stereocenters. The Morgan fingerprint density at radius 2 is 1.80 bits per heavy atom. The Hall–Kier alpha value is -0.570. The van der Waals surface area contributed by atoms with Gasteiger partial charge in [0.1, 0.15) is 11.5 Å². The second-order valence-electron chi connectivity index (χ2n) is 3.54. The van der Waals surface area contributed by atoms with Crippen molar-refractivity contribution in [1.82, 2.24) is 4.72 Å². The first-order valence-electron chi connectivity index (χ1n) is 5.18. The monoisotopic (exact) mass is 361 g/mol. The first-order valence-corrected chi connectivity index (χ1v) is 7.79. The van der Waals surface area contributed by atoms with E-state index < -0.39 is 22.6 Å². The van der Waals surface area contributed by atoms with Gasteiger partial charge in [0.05, 0.1) is 16.7 Å². The number of carboxylic acids is 1. The highest BCUT2D eigenvalue weighted by Gasteiger charge is 2.22. The smallest absolute Gasteiger partial charge is 0.329 e. The van der Waals surface area contributed by atoms with Crippen LogP contribution in [0.3, 0.4) is 0 Å². The Bertz CT molecular complexity index is 582. The standard InChI is InChI=1S/C10H10Cl3NO5S/c11-6-3-7(12)10(8(13)4-6)20(17,18)14-1-2-19-5-9(15)16/h3-4,14H,1-2,5H2,(H,15,16). The zero-order valence-electron chi connectivity index (χ0n) is 9.90. The van der Waals surface area contributed by atoms with Crippen LogP contribution in [0.25, 0.3) is 0 Å². The number of benzene rings is 1. The van der Waals surface area contributed by atoms with Gasteiger partial charge in [0.15, 0.2) is 0 Å². The van der Waals surface area contributed by atoms with Crippen LogP contribution in [0.5, 0.6) is 0 Å². The third kappa shape index (κ3) is 5.08. The molecule has 0 aromatic heterocycles. The molecule has 1 aromatic carbocycles. The molecule has 0 fully saturated rings. The van der Waals surface area contributed by atoms with E-state index in [2.05, 4.69) is 4.72 Å². The number of carbonyl (C=O) groups is 1. The maximum atomic E-state index is 12.0. The van der Waals surface area contributed by atoms with Crippen molar-refractivity contribution in [3.8, 4) is 0 Å². The summed E-state index contributed by atoms with van der Waals surface area (Å²) in [6.07, 6.45) is 0. The second-order valence-corrected chi connectivity index (χ2v) is 6.50. The van der Waals surface area contributed by atoms with Crippen LogP contribution in [-0.4, -0.2) is 39.3 Å². The van der Waals surface area contributed by atoms with Gasteiger partial charge >= 0.3 is 5.97 Å². The van der Waals surface area contributed by atoms with E-state index in [0.29, 0.717) is 0 Å². The van der Waals surface area contributed by atoms with Crippen molar-refractivity contribution in [3.63, 3.8) is 0 Å². The van der Waals surface area contributed by atoms with Gasteiger partial charge in [0.25, 0.3) is 0 Å². The van der Waals surface area contributed by atoms with Gasteiger partial charge in [-0.1, -0.05) is 34.8 Å². The summed E-state index contributed by atoms with van der Waals surface area (Å²) in [6.45, 7) is -0.733. The molecule has 112 valence electrons. The molecule has 1 rings (SSSR count). The summed E-state index contributed by atoms with van der Waals surface area (Å²) in [5.41, 5.74) is 0. The molecule has 0 spiro atoms. The molecule has 10 heteroatoms. The molecular weight excluding hydrogens is 353 g/mol. The zero-order valence-corrected chi connectivity index (χ0v) is 13.0. The van der Waals surface area contributed by atoms with Crippen LogP contribution in [0.2, 0.25) is 15.1 Å². The van der Waals surface area contributed by atoms with Crippen LogP contribution in [0.4, 0.5) is 0 Å². The van der Waals surface area contributed by atoms with Gasteiger partial charge in [-0.25, -0.2) is 17.9 Å². The van der Waals surface area contributed by atoms with E-state index in [1.807, 2.05) is 0 Å². The summed E-state index contributed by atoms with van der Waals surface area (Å²) in [4.78, 5) is 9.90. The summed E-state index contributed by atoms with van der Waals surface area (Å²) in [7, 11) is -3.94. The number of rotatable bonds is 7. The minimum Gasteiger partial charge on any atom is -0.480 e. The summed E-state index contributed by atoms with van der Waals surface area (Å²) in [6, 6.07) is 2.51. The van der Waals surface area contributed by atoms with Crippen molar-refractivity contribution in [2.24, 2.45) is 0 Å². The van der Waals surface area contributed by atoms with E-state index >= 15 is 0 Å². The Labute approximate surface area is 130 Å². The summed E-state index contributed by atoms with van der Waals surface area (Å²) in [5, 5.41) is 8.33. The lowest BCUT2D eigenvalue weighted by Gasteiger charge is -2.10. The molecule has 6 nitrogen and oxygen atoms in total. The molecule has 0 aliphatic heterocycles. The van der Waals surface area contributed by atoms with Crippen molar-refractivity contribution in [1.29, 1.82) is 0 Å². The third-order valence-electron chi connectivity index (χ3n) is 2.00. The molecule has 0 bridgehead atoms. The molecule has 1 aromatic rings. The maximum absolute atomic E-state index is 12.0. The van der Waals surface area contributed by atoms with Crippen LogP contribution < -0.4 is 4.72 Å². The van der Waals surface area contributed by atoms with E-state index in [-0.39, 0.29) is 33.1 Å². The van der Waals surface area contributed by atoms with Crippen LogP contribution in [-0.2, 0) is 19.6 Å². The third-order valence-corrected chi connectivity index (χ3v) is 4.60. The largest absolute Gasteiger partial charge is 0.480 e. The van der Waals surface area contributed by atoms with E-state index in [1.54, 1.807) is 0 Å². The molecule has 0 saturated heterocycles. The average Bonchev–Trinajstić information content (AvgIpc) is 2.25. The first kappa shape index (κ1) is 17.5. The lowest BCUT2D eigenvalue weighted by Crippen LogP contribution is -2.28.